The standard InChI is InChI=1S/C62H48N4/c1-39-17-16-18-40(35-39)60-46-33-30-43(66-58-27-14-10-23-54(58)64(5)55-24-11-15-28-59(55)66)38-49(46)61(41-29-32-45-44-19-6-7-20-50(44)62(2,3)51(45)36-41)47-34-31-42(37-48(47)60)65-56-25-12-8-21-52(56)63(4)53-22-9-13-26-57(53)65/h6-38H,1-5H3. The minimum absolute atomic E-state index is 0.150. The van der Waals surface area contributed by atoms with E-state index in [1.807, 2.05) is 0 Å². The van der Waals surface area contributed by atoms with Crippen LogP contribution in [0.3, 0.4) is 0 Å². The summed E-state index contributed by atoms with van der Waals surface area (Å²) < 4.78 is 0. The largest absolute Gasteiger partial charge is 0.341 e. The number of hydrogen-bond donors (Lipinski definition) is 0. The zero-order chi connectivity index (χ0) is 44.4. The molecule has 0 saturated carbocycles. The van der Waals surface area contributed by atoms with Crippen molar-refractivity contribution in [2.75, 3.05) is 33.7 Å². The van der Waals surface area contributed by atoms with E-state index >= 15 is 0 Å². The van der Waals surface area contributed by atoms with Crippen LogP contribution in [-0.4, -0.2) is 14.1 Å². The number of anilines is 10. The Labute approximate surface area is 386 Å². The number of rotatable bonds is 4. The summed E-state index contributed by atoms with van der Waals surface area (Å²) >= 11 is 0. The monoisotopic (exact) mass is 848 g/mol. The van der Waals surface area contributed by atoms with Crippen molar-refractivity contribution in [2.24, 2.45) is 0 Å². The number of aryl methyl sites for hydroxylation is 1. The zero-order valence-corrected chi connectivity index (χ0v) is 37.8. The molecule has 0 unspecified atom stereocenters. The van der Waals surface area contributed by atoms with Gasteiger partial charge in [0.15, 0.2) is 0 Å². The summed E-state index contributed by atoms with van der Waals surface area (Å²) in [4.78, 5) is 9.54. The van der Waals surface area contributed by atoms with E-state index in [4.69, 9.17) is 0 Å². The van der Waals surface area contributed by atoms with E-state index in [2.05, 4.69) is 255 Å². The van der Waals surface area contributed by atoms with Gasteiger partial charge in [0.25, 0.3) is 0 Å². The van der Waals surface area contributed by atoms with Crippen molar-refractivity contribution in [1.29, 1.82) is 0 Å². The summed E-state index contributed by atoms with van der Waals surface area (Å²) in [7, 11) is 4.35. The molecule has 2 aliphatic heterocycles. The molecule has 10 aromatic rings. The fourth-order valence-electron chi connectivity index (χ4n) is 11.6. The highest BCUT2D eigenvalue weighted by molar-refractivity contribution is 6.23. The molecule has 3 aliphatic rings. The van der Waals surface area contributed by atoms with Crippen LogP contribution in [0, 0.1) is 6.92 Å². The van der Waals surface area contributed by atoms with Gasteiger partial charge in [-0.2, -0.15) is 0 Å². The van der Waals surface area contributed by atoms with Gasteiger partial charge in [0.2, 0.25) is 0 Å². The second-order valence-electron chi connectivity index (χ2n) is 18.8. The number of fused-ring (bicyclic) bond motifs is 9. The van der Waals surface area contributed by atoms with Gasteiger partial charge in [0.05, 0.1) is 45.5 Å². The maximum Gasteiger partial charge on any atom is 0.0699 e. The summed E-state index contributed by atoms with van der Waals surface area (Å²) in [5.41, 5.74) is 23.0. The highest BCUT2D eigenvalue weighted by Crippen LogP contribution is 2.56. The third kappa shape index (κ3) is 5.45. The van der Waals surface area contributed by atoms with E-state index in [-0.39, 0.29) is 5.41 Å². The van der Waals surface area contributed by atoms with Crippen LogP contribution in [-0.2, 0) is 5.41 Å². The van der Waals surface area contributed by atoms with Gasteiger partial charge in [-0.25, -0.2) is 0 Å². The molecule has 13 rings (SSSR count). The zero-order valence-electron chi connectivity index (χ0n) is 37.8. The number of nitrogens with zero attached hydrogens (tertiary/aromatic N) is 4. The van der Waals surface area contributed by atoms with Gasteiger partial charge in [-0.15, -0.1) is 0 Å². The van der Waals surface area contributed by atoms with Gasteiger partial charge < -0.3 is 19.6 Å². The Balaban J connectivity index is 1.14. The van der Waals surface area contributed by atoms with Crippen LogP contribution in [0.4, 0.5) is 56.9 Å². The summed E-state index contributed by atoms with van der Waals surface area (Å²) in [6, 6.07) is 74.8. The van der Waals surface area contributed by atoms with Crippen molar-refractivity contribution in [3.05, 3.63) is 217 Å². The van der Waals surface area contributed by atoms with Gasteiger partial charge in [0, 0.05) is 30.9 Å². The molecule has 0 spiro atoms. The lowest BCUT2D eigenvalue weighted by molar-refractivity contribution is 0.660. The van der Waals surface area contributed by atoms with E-state index in [9.17, 15) is 0 Å². The lowest BCUT2D eigenvalue weighted by atomic mass is 9.80. The molecule has 0 atom stereocenters. The van der Waals surface area contributed by atoms with Gasteiger partial charge in [-0.05, 0) is 152 Å². The molecular weight excluding hydrogens is 801 g/mol. The Kier molecular flexibility index (Phi) is 8.26. The van der Waals surface area contributed by atoms with Crippen LogP contribution in [0.25, 0.3) is 54.9 Å². The lowest BCUT2D eigenvalue weighted by Gasteiger charge is -2.39. The molecule has 0 saturated heterocycles. The van der Waals surface area contributed by atoms with Crippen LogP contribution in [0.5, 0.6) is 0 Å². The maximum absolute atomic E-state index is 2.50. The molecule has 0 radical (unpaired) electrons. The Hall–Kier alpha value is -8.08. The number of benzene rings is 10. The third-order valence-electron chi connectivity index (χ3n) is 14.7. The first-order valence-corrected chi connectivity index (χ1v) is 23.1. The molecule has 0 aromatic heterocycles. The number of para-hydroxylation sites is 8. The molecular formula is C62H48N4. The Morgan fingerprint density at radius 2 is 0.758 bits per heavy atom. The minimum atomic E-state index is -0.150. The first-order chi connectivity index (χ1) is 32.3. The average molecular weight is 849 g/mol. The first kappa shape index (κ1) is 38.4. The highest BCUT2D eigenvalue weighted by Gasteiger charge is 2.36. The maximum atomic E-state index is 2.50. The smallest absolute Gasteiger partial charge is 0.0699 e. The average Bonchev–Trinajstić information content (AvgIpc) is 3.58. The van der Waals surface area contributed by atoms with Crippen molar-refractivity contribution in [3.63, 3.8) is 0 Å². The minimum Gasteiger partial charge on any atom is -0.341 e. The third-order valence-corrected chi connectivity index (χ3v) is 14.7. The molecule has 0 bridgehead atoms. The fourth-order valence-corrected chi connectivity index (χ4v) is 11.6. The van der Waals surface area contributed by atoms with Crippen molar-refractivity contribution in [3.8, 4) is 33.4 Å². The first-order valence-electron chi connectivity index (χ1n) is 23.1. The van der Waals surface area contributed by atoms with E-state index in [1.54, 1.807) is 0 Å². The van der Waals surface area contributed by atoms with Gasteiger partial charge in [-0.3, -0.25) is 0 Å². The normalized spacial score (nSPS) is 14.1. The highest BCUT2D eigenvalue weighted by atomic mass is 15.3. The molecule has 4 nitrogen and oxygen atoms in total. The van der Waals surface area contributed by atoms with E-state index in [0.717, 1.165) is 34.1 Å². The van der Waals surface area contributed by atoms with Crippen molar-refractivity contribution >= 4 is 78.4 Å². The molecule has 10 aromatic carbocycles. The van der Waals surface area contributed by atoms with Gasteiger partial charge in [0.1, 0.15) is 0 Å². The Bertz CT molecular complexity index is 3560. The second kappa shape index (κ2) is 14.2. The molecule has 0 N–H and O–H groups in total. The van der Waals surface area contributed by atoms with E-state index in [0.29, 0.717) is 0 Å². The van der Waals surface area contributed by atoms with E-state index in [1.165, 1.54) is 94.4 Å². The summed E-state index contributed by atoms with van der Waals surface area (Å²) in [5.74, 6) is 0. The quantitative estimate of drug-likeness (QED) is 0.164. The molecule has 0 fully saturated rings. The lowest BCUT2D eigenvalue weighted by Crippen LogP contribution is -2.24. The van der Waals surface area contributed by atoms with E-state index < -0.39 is 0 Å². The van der Waals surface area contributed by atoms with Crippen molar-refractivity contribution < 1.29 is 0 Å². The predicted molar refractivity (Wildman–Crippen MR) is 280 cm³/mol. The molecule has 2 heterocycles. The molecule has 0 amide bonds. The second-order valence-corrected chi connectivity index (χ2v) is 18.8. The fraction of sp³-hybridized carbons (Fsp3) is 0.0968. The molecule has 316 valence electrons. The van der Waals surface area contributed by atoms with Crippen molar-refractivity contribution in [2.45, 2.75) is 26.2 Å². The van der Waals surface area contributed by atoms with Crippen LogP contribution in [0.2, 0.25) is 0 Å². The summed E-state index contributed by atoms with van der Waals surface area (Å²) in [5, 5.41) is 4.90. The Morgan fingerprint density at radius 1 is 0.333 bits per heavy atom. The van der Waals surface area contributed by atoms with Crippen LogP contribution < -0.4 is 19.6 Å². The molecule has 1 aliphatic carbocycles. The van der Waals surface area contributed by atoms with Crippen LogP contribution >= 0.6 is 0 Å². The molecule has 4 heteroatoms. The van der Waals surface area contributed by atoms with Crippen LogP contribution in [0.1, 0.15) is 30.5 Å². The summed E-state index contributed by atoms with van der Waals surface area (Å²) in [6.45, 7) is 6.98. The SMILES string of the molecule is Cc1cccc(-c2c3ccc(N4c5ccccc5N(C)c5ccccc54)cc3c(-c3ccc4c(c3)C(C)(C)c3ccccc3-4)c3ccc(N4c5ccccc5N(C)c5ccccc54)cc23)c1. The number of hydrogen-bond acceptors (Lipinski definition) is 4. The van der Waals surface area contributed by atoms with Crippen molar-refractivity contribution in [1.82, 2.24) is 0 Å². The van der Waals surface area contributed by atoms with Gasteiger partial charge in [-0.1, -0.05) is 141 Å². The predicted octanol–water partition coefficient (Wildman–Crippen LogP) is 17.0. The summed E-state index contributed by atoms with van der Waals surface area (Å²) in [6.07, 6.45) is 0. The molecule has 66 heavy (non-hydrogen) atoms. The topological polar surface area (TPSA) is 13.0 Å². The Morgan fingerprint density at radius 3 is 1.24 bits per heavy atom. The van der Waals surface area contributed by atoms with Crippen LogP contribution in [0.15, 0.2) is 200 Å². The van der Waals surface area contributed by atoms with Gasteiger partial charge >= 0.3 is 0 Å².